The van der Waals surface area contributed by atoms with Crippen molar-refractivity contribution in [3.05, 3.63) is 65.7 Å². The van der Waals surface area contributed by atoms with Gasteiger partial charge in [0.2, 0.25) is 0 Å². The lowest BCUT2D eigenvalue weighted by atomic mass is 10.2. The summed E-state index contributed by atoms with van der Waals surface area (Å²) in [6.07, 6.45) is 5.39. The minimum atomic E-state index is -0.0304. The van der Waals surface area contributed by atoms with Crippen LogP contribution in [0.1, 0.15) is 41.6 Å². The van der Waals surface area contributed by atoms with E-state index in [1.165, 1.54) is 25.7 Å². The van der Waals surface area contributed by atoms with Crippen molar-refractivity contribution < 1.29 is 9.53 Å². The Kier molecular flexibility index (Phi) is 6.80. The van der Waals surface area contributed by atoms with Crippen LogP contribution in [0.15, 0.2) is 54.6 Å². The van der Waals surface area contributed by atoms with Crippen molar-refractivity contribution in [1.82, 2.24) is 5.32 Å². The Morgan fingerprint density at radius 3 is 2.68 bits per heavy atom. The van der Waals surface area contributed by atoms with Crippen LogP contribution in [0.25, 0.3) is 0 Å². The number of nitrogens with one attached hydrogen (secondary N) is 1. The number of ether oxygens (including phenoxy) is 1. The molecule has 2 aromatic carbocycles. The topological polar surface area (TPSA) is 38.3 Å². The molecule has 0 saturated heterocycles. The Balaban J connectivity index is 1.44. The van der Waals surface area contributed by atoms with Gasteiger partial charge in [-0.2, -0.15) is 11.8 Å². The zero-order valence-electron chi connectivity index (χ0n) is 14.4. The Bertz CT molecular complexity index is 669. The highest BCUT2D eigenvalue weighted by molar-refractivity contribution is 7.99. The summed E-state index contributed by atoms with van der Waals surface area (Å²) in [5.74, 6) is 1.68. The van der Waals surface area contributed by atoms with E-state index in [0.717, 1.165) is 28.9 Å². The molecule has 0 unspecified atom stereocenters. The van der Waals surface area contributed by atoms with Crippen LogP contribution in [0.5, 0.6) is 5.75 Å². The number of hydrogen-bond acceptors (Lipinski definition) is 3. The summed E-state index contributed by atoms with van der Waals surface area (Å²) in [5.41, 5.74) is 1.76. The van der Waals surface area contributed by atoms with Crippen molar-refractivity contribution in [2.75, 3.05) is 12.3 Å². The second kappa shape index (κ2) is 9.52. The molecule has 1 amide bonds. The van der Waals surface area contributed by atoms with Gasteiger partial charge in [0.05, 0.1) is 0 Å². The van der Waals surface area contributed by atoms with Crippen molar-refractivity contribution in [2.24, 2.45) is 0 Å². The first-order valence-corrected chi connectivity index (χ1v) is 10.0. The highest BCUT2D eigenvalue weighted by Crippen LogP contribution is 2.28. The zero-order valence-corrected chi connectivity index (χ0v) is 15.3. The SMILES string of the molecule is O=C(NCCSC1CCCC1)c1cccc(OCc2ccccc2)c1. The Morgan fingerprint density at radius 1 is 1.08 bits per heavy atom. The predicted octanol–water partition coefficient (Wildman–Crippen LogP) is 4.67. The van der Waals surface area contributed by atoms with E-state index in [9.17, 15) is 4.79 Å². The van der Waals surface area contributed by atoms with Crippen LogP contribution in [-0.2, 0) is 6.61 Å². The molecule has 3 rings (SSSR count). The molecular formula is C21H25NO2S. The maximum Gasteiger partial charge on any atom is 0.251 e. The van der Waals surface area contributed by atoms with Crippen LogP contribution < -0.4 is 10.1 Å². The lowest BCUT2D eigenvalue weighted by molar-refractivity contribution is 0.0955. The number of rotatable bonds is 8. The highest BCUT2D eigenvalue weighted by atomic mass is 32.2. The summed E-state index contributed by atoms with van der Waals surface area (Å²) in [7, 11) is 0. The normalized spacial score (nSPS) is 14.4. The molecule has 1 saturated carbocycles. The Labute approximate surface area is 154 Å². The summed E-state index contributed by atoms with van der Waals surface area (Å²) in [4.78, 5) is 12.3. The summed E-state index contributed by atoms with van der Waals surface area (Å²) >= 11 is 1.99. The van der Waals surface area contributed by atoms with E-state index in [2.05, 4.69) is 5.32 Å². The van der Waals surface area contributed by atoms with Gasteiger partial charge in [-0.05, 0) is 36.6 Å². The second-order valence-electron chi connectivity index (χ2n) is 6.34. The molecule has 0 aromatic heterocycles. The molecule has 0 aliphatic heterocycles. The van der Waals surface area contributed by atoms with E-state index in [4.69, 9.17) is 4.74 Å². The smallest absolute Gasteiger partial charge is 0.251 e. The van der Waals surface area contributed by atoms with Gasteiger partial charge in [-0.15, -0.1) is 0 Å². The first kappa shape index (κ1) is 17.9. The minimum Gasteiger partial charge on any atom is -0.489 e. The summed E-state index contributed by atoms with van der Waals surface area (Å²) in [6.45, 7) is 1.22. The van der Waals surface area contributed by atoms with E-state index in [0.29, 0.717) is 12.2 Å². The minimum absolute atomic E-state index is 0.0304. The standard InChI is InChI=1S/C21H25NO2S/c23-21(22-13-14-25-20-11-4-5-12-20)18-9-6-10-19(15-18)24-16-17-7-2-1-3-8-17/h1-3,6-10,15,20H,4-5,11-14,16H2,(H,22,23). The molecule has 0 spiro atoms. The fourth-order valence-corrected chi connectivity index (χ4v) is 4.24. The lowest BCUT2D eigenvalue weighted by Gasteiger charge is -2.10. The van der Waals surface area contributed by atoms with Crippen LogP contribution in [0.2, 0.25) is 0 Å². The van der Waals surface area contributed by atoms with Crippen LogP contribution in [0, 0.1) is 0 Å². The third-order valence-electron chi connectivity index (χ3n) is 4.39. The summed E-state index contributed by atoms with van der Waals surface area (Å²) < 4.78 is 5.79. The Morgan fingerprint density at radius 2 is 1.88 bits per heavy atom. The van der Waals surface area contributed by atoms with Gasteiger partial charge in [-0.1, -0.05) is 49.2 Å². The number of amides is 1. The number of benzene rings is 2. The molecule has 1 aliphatic carbocycles. The quantitative estimate of drug-likeness (QED) is 0.699. The van der Waals surface area contributed by atoms with Crippen LogP contribution in [0.3, 0.4) is 0 Å². The van der Waals surface area contributed by atoms with Crippen molar-refractivity contribution in [2.45, 2.75) is 37.5 Å². The number of hydrogen-bond donors (Lipinski definition) is 1. The van der Waals surface area contributed by atoms with Crippen molar-refractivity contribution in [1.29, 1.82) is 0 Å². The fraction of sp³-hybridized carbons (Fsp3) is 0.381. The molecular weight excluding hydrogens is 330 g/mol. The van der Waals surface area contributed by atoms with Gasteiger partial charge in [0.25, 0.3) is 5.91 Å². The third-order valence-corrected chi connectivity index (χ3v) is 5.77. The average Bonchev–Trinajstić information content (AvgIpc) is 3.18. The summed E-state index contributed by atoms with van der Waals surface area (Å²) in [6, 6.07) is 17.4. The first-order chi connectivity index (χ1) is 12.3. The second-order valence-corrected chi connectivity index (χ2v) is 7.74. The molecule has 0 radical (unpaired) electrons. The molecule has 0 bridgehead atoms. The van der Waals surface area contributed by atoms with Gasteiger partial charge in [-0.25, -0.2) is 0 Å². The zero-order chi connectivity index (χ0) is 17.3. The molecule has 1 N–H and O–H groups in total. The summed E-state index contributed by atoms with van der Waals surface area (Å²) in [5, 5.41) is 3.81. The Hall–Kier alpha value is -1.94. The first-order valence-electron chi connectivity index (χ1n) is 8.98. The van der Waals surface area contributed by atoms with E-state index in [-0.39, 0.29) is 5.91 Å². The molecule has 0 atom stereocenters. The molecule has 25 heavy (non-hydrogen) atoms. The number of carbonyl (C=O) groups is 1. The fourth-order valence-electron chi connectivity index (χ4n) is 3.02. The van der Waals surface area contributed by atoms with Crippen molar-refractivity contribution in [3.63, 3.8) is 0 Å². The van der Waals surface area contributed by atoms with Crippen molar-refractivity contribution >= 4 is 17.7 Å². The molecule has 132 valence electrons. The van der Waals surface area contributed by atoms with E-state index >= 15 is 0 Å². The third kappa shape index (κ3) is 5.82. The average molecular weight is 356 g/mol. The molecule has 2 aromatic rings. The van der Waals surface area contributed by atoms with Gasteiger partial charge in [0.1, 0.15) is 12.4 Å². The maximum atomic E-state index is 12.3. The highest BCUT2D eigenvalue weighted by Gasteiger charge is 2.15. The van der Waals surface area contributed by atoms with E-state index < -0.39 is 0 Å². The van der Waals surface area contributed by atoms with Gasteiger partial charge in [0, 0.05) is 23.1 Å². The van der Waals surface area contributed by atoms with Gasteiger partial charge < -0.3 is 10.1 Å². The van der Waals surface area contributed by atoms with E-state index in [1.54, 1.807) is 0 Å². The van der Waals surface area contributed by atoms with Gasteiger partial charge in [-0.3, -0.25) is 4.79 Å². The largest absolute Gasteiger partial charge is 0.489 e. The monoisotopic (exact) mass is 355 g/mol. The van der Waals surface area contributed by atoms with Gasteiger partial charge in [0.15, 0.2) is 0 Å². The molecule has 4 heteroatoms. The van der Waals surface area contributed by atoms with Crippen LogP contribution >= 0.6 is 11.8 Å². The predicted molar refractivity (Wildman–Crippen MR) is 104 cm³/mol. The van der Waals surface area contributed by atoms with Crippen LogP contribution in [0.4, 0.5) is 0 Å². The van der Waals surface area contributed by atoms with Crippen molar-refractivity contribution in [3.8, 4) is 5.75 Å². The molecule has 0 heterocycles. The maximum absolute atomic E-state index is 12.3. The molecule has 1 aliphatic rings. The van der Waals surface area contributed by atoms with Gasteiger partial charge >= 0.3 is 0 Å². The van der Waals surface area contributed by atoms with E-state index in [1.807, 2.05) is 66.4 Å². The lowest BCUT2D eigenvalue weighted by Crippen LogP contribution is -2.26. The molecule has 3 nitrogen and oxygen atoms in total. The van der Waals surface area contributed by atoms with Crippen LogP contribution in [-0.4, -0.2) is 23.5 Å². The number of carbonyl (C=O) groups excluding carboxylic acids is 1. The molecule has 1 fully saturated rings. The number of thioether (sulfide) groups is 1.